The van der Waals surface area contributed by atoms with Crippen molar-refractivity contribution in [3.8, 4) is 28.5 Å². The normalized spacial score (nSPS) is 12.5. The van der Waals surface area contributed by atoms with Crippen molar-refractivity contribution in [1.29, 1.82) is 0 Å². The van der Waals surface area contributed by atoms with Crippen molar-refractivity contribution in [3.05, 3.63) is 176 Å². The fourth-order valence-corrected chi connectivity index (χ4v) is 5.61. The number of nitrogens with zero attached hydrogens (tertiary/aromatic N) is 3. The lowest BCUT2D eigenvalue weighted by Crippen LogP contribution is -2.04. The molecule has 3 heteroatoms. The molecule has 0 unspecified atom stereocenters. The molecule has 6 aromatic rings. The lowest BCUT2D eigenvalue weighted by Gasteiger charge is -2.12. The molecule has 0 aliphatic rings. The molecule has 0 amide bonds. The molecule has 3 nitrogen and oxygen atoms in total. The van der Waals surface area contributed by atoms with Gasteiger partial charge in [-0.15, -0.1) is 0 Å². The maximum absolute atomic E-state index is 5.18. The standard InChI is InChI=1S/C42H35N3/c1-5-9-17-30(7-3)34-23-25-40-36(27-34)37-28-35(31(8-4)18-10-6-2)24-26-41(37)45(40)42-43-38(32-19-13-11-14-20-32)29-39(44-42)33-21-15-12-16-22-33/h5-29H,3-4H2,1-2H3/b9-5-,10-6-,30-17+,31-18+. The van der Waals surface area contributed by atoms with E-state index in [1.807, 2.05) is 86.7 Å². The molecule has 0 fully saturated rings. The lowest BCUT2D eigenvalue weighted by atomic mass is 10.00. The molecular weight excluding hydrogens is 546 g/mol. The van der Waals surface area contributed by atoms with Gasteiger partial charge >= 0.3 is 0 Å². The van der Waals surface area contributed by atoms with E-state index >= 15 is 0 Å². The van der Waals surface area contributed by atoms with E-state index in [4.69, 9.17) is 9.97 Å². The van der Waals surface area contributed by atoms with Crippen LogP contribution in [0.4, 0.5) is 0 Å². The minimum absolute atomic E-state index is 0.623. The molecule has 4 aromatic carbocycles. The number of allylic oxidation sites excluding steroid dienone is 10. The third-order valence-electron chi connectivity index (χ3n) is 7.86. The van der Waals surface area contributed by atoms with Crippen molar-refractivity contribution in [1.82, 2.24) is 14.5 Å². The van der Waals surface area contributed by atoms with Crippen LogP contribution >= 0.6 is 0 Å². The van der Waals surface area contributed by atoms with Crippen molar-refractivity contribution >= 4 is 33.0 Å². The second-order valence-corrected chi connectivity index (χ2v) is 10.7. The molecule has 2 aromatic heterocycles. The van der Waals surface area contributed by atoms with Crippen molar-refractivity contribution in [2.75, 3.05) is 0 Å². The van der Waals surface area contributed by atoms with E-state index in [0.717, 1.165) is 66.6 Å². The lowest BCUT2D eigenvalue weighted by molar-refractivity contribution is 0.995. The first-order valence-corrected chi connectivity index (χ1v) is 15.1. The quantitative estimate of drug-likeness (QED) is 0.159. The Morgan fingerprint density at radius 3 is 1.42 bits per heavy atom. The van der Waals surface area contributed by atoms with Crippen LogP contribution in [0.5, 0.6) is 0 Å². The molecular formula is C42H35N3. The molecule has 0 aliphatic heterocycles. The van der Waals surface area contributed by atoms with Crippen LogP contribution in [0.15, 0.2) is 165 Å². The monoisotopic (exact) mass is 581 g/mol. The highest BCUT2D eigenvalue weighted by atomic mass is 15.2. The van der Waals surface area contributed by atoms with Crippen LogP contribution in [0.1, 0.15) is 25.0 Å². The van der Waals surface area contributed by atoms with Crippen molar-refractivity contribution in [2.24, 2.45) is 0 Å². The van der Waals surface area contributed by atoms with Gasteiger partial charge in [-0.05, 0) is 66.5 Å². The fourth-order valence-electron chi connectivity index (χ4n) is 5.61. The minimum Gasteiger partial charge on any atom is -0.278 e. The second kappa shape index (κ2) is 13.2. The minimum atomic E-state index is 0.623. The number of hydrogen-bond donors (Lipinski definition) is 0. The molecule has 218 valence electrons. The predicted octanol–water partition coefficient (Wildman–Crippen LogP) is 11.2. The fraction of sp³-hybridized carbons (Fsp3) is 0.0476. The molecule has 2 heterocycles. The predicted molar refractivity (Wildman–Crippen MR) is 193 cm³/mol. The summed E-state index contributed by atoms with van der Waals surface area (Å²) in [5.41, 5.74) is 10.2. The van der Waals surface area contributed by atoms with Crippen LogP contribution < -0.4 is 0 Å². The second-order valence-electron chi connectivity index (χ2n) is 10.7. The Morgan fingerprint density at radius 2 is 1.02 bits per heavy atom. The molecule has 0 bridgehead atoms. The summed E-state index contributed by atoms with van der Waals surface area (Å²) in [5, 5.41) is 2.23. The molecule has 0 saturated carbocycles. The van der Waals surface area contributed by atoms with E-state index in [2.05, 4.69) is 96.6 Å². The third-order valence-corrected chi connectivity index (χ3v) is 7.86. The van der Waals surface area contributed by atoms with E-state index in [1.165, 1.54) is 0 Å². The summed E-state index contributed by atoms with van der Waals surface area (Å²) >= 11 is 0. The zero-order chi connectivity index (χ0) is 31.2. The van der Waals surface area contributed by atoms with Gasteiger partial charge in [-0.1, -0.05) is 135 Å². The summed E-state index contributed by atoms with van der Waals surface area (Å²) in [7, 11) is 0. The summed E-state index contributed by atoms with van der Waals surface area (Å²) in [5.74, 6) is 0.623. The van der Waals surface area contributed by atoms with E-state index in [0.29, 0.717) is 5.95 Å². The zero-order valence-corrected chi connectivity index (χ0v) is 25.7. The van der Waals surface area contributed by atoms with Crippen LogP contribution in [-0.4, -0.2) is 14.5 Å². The third kappa shape index (κ3) is 5.89. The van der Waals surface area contributed by atoms with Gasteiger partial charge in [0.05, 0.1) is 22.4 Å². The first kappa shape index (κ1) is 29.3. The number of benzene rings is 4. The Kier molecular flexibility index (Phi) is 8.61. The molecule has 45 heavy (non-hydrogen) atoms. The molecule has 0 spiro atoms. The highest BCUT2D eigenvalue weighted by molar-refractivity contribution is 6.11. The van der Waals surface area contributed by atoms with Gasteiger partial charge in [0, 0.05) is 21.9 Å². The Bertz CT molecular complexity index is 1990. The van der Waals surface area contributed by atoms with Crippen molar-refractivity contribution in [2.45, 2.75) is 13.8 Å². The molecule has 0 aliphatic carbocycles. The Morgan fingerprint density at radius 1 is 0.578 bits per heavy atom. The van der Waals surface area contributed by atoms with Crippen LogP contribution in [0, 0.1) is 0 Å². The van der Waals surface area contributed by atoms with Crippen molar-refractivity contribution in [3.63, 3.8) is 0 Å². The van der Waals surface area contributed by atoms with Crippen LogP contribution in [-0.2, 0) is 0 Å². The van der Waals surface area contributed by atoms with Gasteiger partial charge < -0.3 is 0 Å². The number of rotatable bonds is 9. The molecule has 0 saturated heterocycles. The average molecular weight is 582 g/mol. The highest BCUT2D eigenvalue weighted by Gasteiger charge is 2.18. The van der Waals surface area contributed by atoms with Gasteiger partial charge in [-0.25, -0.2) is 9.97 Å². The Balaban J connectivity index is 1.68. The summed E-state index contributed by atoms with van der Waals surface area (Å²) in [6.45, 7) is 12.2. The molecule has 0 atom stereocenters. The summed E-state index contributed by atoms with van der Waals surface area (Å²) in [6.07, 6.45) is 16.1. The van der Waals surface area contributed by atoms with Gasteiger partial charge in [0.1, 0.15) is 0 Å². The SMILES string of the molecule is C=C/C(=C\C=C/C)c1ccc2c(c1)c1cc(/C(C=C)=C/C=C\C)ccc1n2-c1nc(-c2ccccc2)cc(-c2ccccc2)n1. The first-order chi connectivity index (χ1) is 22.1. The zero-order valence-electron chi connectivity index (χ0n) is 25.7. The summed E-state index contributed by atoms with van der Waals surface area (Å²) < 4.78 is 2.18. The largest absolute Gasteiger partial charge is 0.278 e. The van der Waals surface area contributed by atoms with Gasteiger partial charge in [-0.3, -0.25) is 4.57 Å². The molecule has 0 radical (unpaired) electrons. The van der Waals surface area contributed by atoms with Crippen LogP contribution in [0.3, 0.4) is 0 Å². The molecule has 6 rings (SSSR count). The van der Waals surface area contributed by atoms with Crippen molar-refractivity contribution < 1.29 is 0 Å². The Labute approximate surface area is 265 Å². The smallest absolute Gasteiger partial charge is 0.235 e. The van der Waals surface area contributed by atoms with Gasteiger partial charge in [0.15, 0.2) is 0 Å². The Hall–Kier alpha value is -5.80. The maximum atomic E-state index is 5.18. The topological polar surface area (TPSA) is 30.7 Å². The average Bonchev–Trinajstić information content (AvgIpc) is 3.42. The van der Waals surface area contributed by atoms with Gasteiger partial charge in [0.2, 0.25) is 5.95 Å². The van der Waals surface area contributed by atoms with Gasteiger partial charge in [-0.2, -0.15) is 0 Å². The highest BCUT2D eigenvalue weighted by Crippen LogP contribution is 2.36. The number of hydrogen-bond acceptors (Lipinski definition) is 2. The van der Waals surface area contributed by atoms with Crippen LogP contribution in [0.2, 0.25) is 0 Å². The van der Waals surface area contributed by atoms with Gasteiger partial charge in [0.25, 0.3) is 0 Å². The molecule has 0 N–H and O–H groups in total. The summed E-state index contributed by atoms with van der Waals surface area (Å²) in [4.78, 5) is 10.4. The number of fused-ring (bicyclic) bond motifs is 3. The van der Waals surface area contributed by atoms with E-state index < -0.39 is 0 Å². The summed E-state index contributed by atoms with van der Waals surface area (Å²) in [6, 6.07) is 35.8. The maximum Gasteiger partial charge on any atom is 0.235 e. The first-order valence-electron chi connectivity index (χ1n) is 15.1. The van der Waals surface area contributed by atoms with Crippen LogP contribution in [0.25, 0.3) is 61.4 Å². The van der Waals surface area contributed by atoms with E-state index in [9.17, 15) is 0 Å². The van der Waals surface area contributed by atoms with E-state index in [1.54, 1.807) is 0 Å². The number of aromatic nitrogens is 3. The van der Waals surface area contributed by atoms with E-state index in [-0.39, 0.29) is 0 Å².